The van der Waals surface area contributed by atoms with Crippen LogP contribution in [0.3, 0.4) is 0 Å². The minimum Gasteiger partial charge on any atom is -0.495 e. The van der Waals surface area contributed by atoms with Crippen molar-refractivity contribution in [2.75, 3.05) is 39.9 Å². The molecule has 8 nitrogen and oxygen atoms in total. The minimum atomic E-state index is -4.62. The lowest BCUT2D eigenvalue weighted by Crippen LogP contribution is -2.49. The Morgan fingerprint density at radius 2 is 0.953 bits per heavy atom. The molecule has 9 heteroatoms. The predicted molar refractivity (Wildman–Crippen MR) is 172 cm³/mol. The normalized spacial score (nSPS) is 14.8. The molecule has 0 radical (unpaired) electrons. The van der Waals surface area contributed by atoms with Crippen LogP contribution < -0.4 is 20.9 Å². The van der Waals surface area contributed by atoms with Gasteiger partial charge in [0.15, 0.2) is 0 Å². The third-order valence-corrected chi connectivity index (χ3v) is 9.93. The van der Waals surface area contributed by atoms with Gasteiger partial charge in [0.25, 0.3) is 0 Å². The Morgan fingerprint density at radius 1 is 0.581 bits per heavy atom. The number of nitrogens with two attached hydrogens (primary N) is 2. The quantitative estimate of drug-likeness (QED) is 0.190. The van der Waals surface area contributed by atoms with Crippen molar-refractivity contribution in [1.29, 1.82) is 0 Å². The van der Waals surface area contributed by atoms with E-state index in [2.05, 4.69) is 0 Å². The lowest BCUT2D eigenvalue weighted by atomic mass is 10.0. The molecule has 4 rings (SSSR count). The Hall–Kier alpha value is -4.57. The number of sulfone groups is 1. The van der Waals surface area contributed by atoms with Gasteiger partial charge in [-0.25, -0.2) is 8.42 Å². The van der Waals surface area contributed by atoms with E-state index in [0.29, 0.717) is 11.5 Å². The largest absolute Gasteiger partial charge is 0.495 e. The van der Waals surface area contributed by atoms with Gasteiger partial charge in [-0.15, -0.1) is 0 Å². The molecule has 2 atom stereocenters. The van der Waals surface area contributed by atoms with Crippen molar-refractivity contribution in [3.8, 4) is 11.5 Å². The maximum Gasteiger partial charge on any atom is 0.226 e. The highest BCUT2D eigenvalue weighted by Gasteiger charge is 2.57. The van der Waals surface area contributed by atoms with Gasteiger partial charge in [-0.2, -0.15) is 0 Å². The molecule has 4 N–H and O–H groups in total. The van der Waals surface area contributed by atoms with Crippen LogP contribution in [-0.4, -0.2) is 36.9 Å². The summed E-state index contributed by atoms with van der Waals surface area (Å²) in [6, 6.07) is 28.1. The fraction of sp³-hybridized carbons (Fsp3) is 0.176. The number of benzene rings is 4. The first-order valence-corrected chi connectivity index (χ1v) is 14.9. The number of rotatable bonds is 12. The van der Waals surface area contributed by atoms with Gasteiger partial charge in [0, 0.05) is 25.3 Å². The zero-order valence-corrected chi connectivity index (χ0v) is 25.4. The van der Waals surface area contributed by atoms with Gasteiger partial charge < -0.3 is 30.4 Å². The molecule has 0 spiro atoms. The Morgan fingerprint density at radius 3 is 1.26 bits per heavy atom. The van der Waals surface area contributed by atoms with Crippen LogP contribution in [0.4, 0.5) is 11.4 Å². The maximum absolute atomic E-state index is 15.4. The first-order chi connectivity index (χ1) is 20.7. The van der Waals surface area contributed by atoms with Crippen LogP contribution in [0.15, 0.2) is 109 Å². The molecular weight excluding hydrogens is 564 g/mol. The van der Waals surface area contributed by atoms with E-state index in [-0.39, 0.29) is 22.5 Å². The number of anilines is 2. The van der Waals surface area contributed by atoms with Gasteiger partial charge in [0.1, 0.15) is 11.5 Å². The van der Waals surface area contributed by atoms with Gasteiger partial charge in [0.2, 0.25) is 19.7 Å². The molecule has 43 heavy (non-hydrogen) atoms. The monoisotopic (exact) mass is 600 g/mol. The van der Waals surface area contributed by atoms with Crippen LogP contribution in [0.2, 0.25) is 0 Å². The third-order valence-electron chi connectivity index (χ3n) is 7.26. The van der Waals surface area contributed by atoms with Crippen LogP contribution in [0.25, 0.3) is 12.2 Å². The van der Waals surface area contributed by atoms with Crippen LogP contribution in [0, 0.1) is 0 Å². The molecule has 0 fully saturated rings. The zero-order valence-electron chi connectivity index (χ0n) is 24.6. The minimum absolute atomic E-state index is 0.237. The molecule has 0 aliphatic carbocycles. The van der Waals surface area contributed by atoms with E-state index in [9.17, 15) is 0 Å². The molecule has 0 heterocycles. The number of nitrogen functional groups attached to an aromatic ring is 2. The first-order valence-electron chi connectivity index (χ1n) is 13.4. The van der Waals surface area contributed by atoms with Crippen LogP contribution in [0.1, 0.15) is 22.3 Å². The molecule has 4 aromatic rings. The molecule has 0 aromatic heterocycles. The molecule has 4 aromatic carbocycles. The summed E-state index contributed by atoms with van der Waals surface area (Å²) >= 11 is 0. The van der Waals surface area contributed by atoms with Gasteiger partial charge in [-0.1, -0.05) is 84.9 Å². The van der Waals surface area contributed by atoms with E-state index in [0.717, 1.165) is 11.1 Å². The number of hydrogen-bond donors (Lipinski definition) is 2. The summed E-state index contributed by atoms with van der Waals surface area (Å²) in [7, 11) is 1.02. The zero-order chi connectivity index (χ0) is 31.1. The van der Waals surface area contributed by atoms with Gasteiger partial charge in [-0.3, -0.25) is 0 Å². The summed E-state index contributed by atoms with van der Waals surface area (Å²) in [5.41, 5.74) is 15.1. The van der Waals surface area contributed by atoms with Crippen LogP contribution in [0.5, 0.6) is 11.5 Å². The number of ether oxygens (including phenoxy) is 4. The van der Waals surface area contributed by atoms with Crippen LogP contribution in [-0.2, 0) is 29.2 Å². The van der Waals surface area contributed by atoms with E-state index in [1.54, 1.807) is 36.4 Å². The van der Waals surface area contributed by atoms with Crippen molar-refractivity contribution in [2.45, 2.75) is 9.87 Å². The Balaban J connectivity index is 2.08. The highest BCUT2D eigenvalue weighted by Crippen LogP contribution is 2.48. The highest BCUT2D eigenvalue weighted by molar-refractivity contribution is 7.93. The van der Waals surface area contributed by atoms with Crippen molar-refractivity contribution >= 4 is 33.4 Å². The Labute approximate surface area is 253 Å². The second-order valence-corrected chi connectivity index (χ2v) is 11.9. The molecule has 0 saturated carbocycles. The van der Waals surface area contributed by atoms with Crippen molar-refractivity contribution in [1.82, 2.24) is 0 Å². The fourth-order valence-electron chi connectivity index (χ4n) is 4.94. The summed E-state index contributed by atoms with van der Waals surface area (Å²) in [6.45, 7) is 0. The Kier molecular flexibility index (Phi) is 9.60. The van der Waals surface area contributed by atoms with Gasteiger partial charge >= 0.3 is 0 Å². The standard InChI is InChI=1S/C34H36N2O6S/c1-39-31-17-15-27(23-29(31)35)33(41-3,21-19-25-11-7-5-8-12-25)43(37,38)34(42-4,22-20-26-13-9-6-10-14-26)28-16-18-32(40-2)30(36)24-28/h5-24H,35-36H2,1-4H3. The fourth-order valence-corrected chi connectivity index (χ4v) is 7.20. The van der Waals surface area contributed by atoms with E-state index in [1.807, 2.05) is 60.7 Å². The molecule has 0 saturated heterocycles. The SMILES string of the molecule is COc1ccc(C(C=Cc2ccccc2)(OC)S(=O)(=O)C(C=Cc2ccccc2)(OC)c2ccc(OC)c(N)c2)cc1N. The highest BCUT2D eigenvalue weighted by atomic mass is 32.2. The second kappa shape index (κ2) is 13.2. The molecular formula is C34H36N2O6S. The maximum atomic E-state index is 15.4. The van der Waals surface area contributed by atoms with Crippen LogP contribution >= 0.6 is 0 Å². The topological polar surface area (TPSA) is 123 Å². The Bertz CT molecular complexity index is 1590. The summed E-state index contributed by atoms with van der Waals surface area (Å²) in [5, 5.41) is 0. The van der Waals surface area contributed by atoms with Crippen molar-refractivity contribution in [3.05, 3.63) is 131 Å². The molecule has 0 aliphatic rings. The van der Waals surface area contributed by atoms with Gasteiger partial charge in [0.05, 0.1) is 25.6 Å². The second-order valence-electron chi connectivity index (χ2n) is 9.65. The summed E-state index contributed by atoms with van der Waals surface area (Å²) in [6.07, 6.45) is 6.36. The molecule has 0 bridgehead atoms. The lowest BCUT2D eigenvalue weighted by Gasteiger charge is -2.39. The van der Waals surface area contributed by atoms with E-state index < -0.39 is 19.7 Å². The molecule has 0 amide bonds. The van der Waals surface area contributed by atoms with E-state index >= 15 is 8.42 Å². The van der Waals surface area contributed by atoms with E-state index in [1.165, 1.54) is 52.7 Å². The summed E-state index contributed by atoms with van der Waals surface area (Å²) < 4.78 is 53.6. The molecule has 224 valence electrons. The molecule has 0 aliphatic heterocycles. The predicted octanol–water partition coefficient (Wildman–Crippen LogP) is 6.01. The smallest absolute Gasteiger partial charge is 0.226 e. The van der Waals surface area contributed by atoms with Gasteiger partial charge in [-0.05, 0) is 47.5 Å². The van der Waals surface area contributed by atoms with Crippen molar-refractivity contribution < 1.29 is 27.4 Å². The number of methoxy groups -OCH3 is 4. The van der Waals surface area contributed by atoms with Crippen molar-refractivity contribution in [3.63, 3.8) is 0 Å². The average Bonchev–Trinajstić information content (AvgIpc) is 3.03. The van der Waals surface area contributed by atoms with E-state index in [4.69, 9.17) is 30.4 Å². The third kappa shape index (κ3) is 5.87. The van der Waals surface area contributed by atoms with Crippen molar-refractivity contribution in [2.24, 2.45) is 0 Å². The molecule has 2 unspecified atom stereocenters. The number of hydrogen-bond acceptors (Lipinski definition) is 8. The average molecular weight is 601 g/mol. The lowest BCUT2D eigenvalue weighted by molar-refractivity contribution is 0.0645. The summed E-state index contributed by atoms with van der Waals surface area (Å²) in [4.78, 5) is -4.20. The summed E-state index contributed by atoms with van der Waals surface area (Å²) in [5.74, 6) is 0.784. The first kappa shape index (κ1) is 31.4.